The standard InChI is InChI=1S/C15H15Cl2N3/c16-8-1-3-10(12(17)5-8)14-7-18-15(20-14)11-6-9-2-4-13(11)19-9/h1,3,5,7,9,11,13,19H,2,4,6H2,(H,18,20). The molecule has 2 bridgehead atoms. The molecule has 2 fully saturated rings. The average Bonchev–Trinajstić information content (AvgIpc) is 3.14. The van der Waals surface area contributed by atoms with E-state index in [1.54, 1.807) is 6.07 Å². The predicted molar refractivity (Wildman–Crippen MR) is 81.3 cm³/mol. The summed E-state index contributed by atoms with van der Waals surface area (Å²) in [5, 5.41) is 4.94. The molecule has 4 rings (SSSR count). The minimum absolute atomic E-state index is 0.508. The zero-order valence-corrected chi connectivity index (χ0v) is 12.4. The SMILES string of the molecule is Clc1ccc(-c2cnc(C3CC4CCC3N4)[nH]2)c(Cl)c1. The Kier molecular flexibility index (Phi) is 3.02. The van der Waals surface area contributed by atoms with Crippen molar-refractivity contribution in [2.24, 2.45) is 0 Å². The molecule has 0 amide bonds. The number of aromatic amines is 1. The molecule has 2 aliphatic heterocycles. The molecule has 3 heterocycles. The fraction of sp³-hybridized carbons (Fsp3) is 0.400. The summed E-state index contributed by atoms with van der Waals surface area (Å²) in [6, 6.07) is 6.80. The van der Waals surface area contributed by atoms with E-state index in [-0.39, 0.29) is 0 Å². The van der Waals surface area contributed by atoms with Crippen molar-refractivity contribution in [3.05, 3.63) is 40.3 Å². The Morgan fingerprint density at radius 3 is 2.80 bits per heavy atom. The first kappa shape index (κ1) is 12.7. The third-order valence-electron chi connectivity index (χ3n) is 4.47. The minimum Gasteiger partial charge on any atom is -0.342 e. The molecule has 2 aromatic rings. The van der Waals surface area contributed by atoms with Crippen LogP contribution in [0.4, 0.5) is 0 Å². The van der Waals surface area contributed by atoms with E-state index in [1.165, 1.54) is 19.3 Å². The highest BCUT2D eigenvalue weighted by Crippen LogP contribution is 2.39. The Morgan fingerprint density at radius 1 is 1.20 bits per heavy atom. The van der Waals surface area contributed by atoms with Crippen LogP contribution < -0.4 is 5.32 Å². The largest absolute Gasteiger partial charge is 0.342 e. The van der Waals surface area contributed by atoms with Crippen molar-refractivity contribution in [1.29, 1.82) is 0 Å². The van der Waals surface area contributed by atoms with E-state index in [4.69, 9.17) is 23.2 Å². The van der Waals surface area contributed by atoms with Crippen LogP contribution in [0.5, 0.6) is 0 Å². The smallest absolute Gasteiger partial charge is 0.111 e. The lowest BCUT2D eigenvalue weighted by molar-refractivity contribution is 0.490. The number of nitrogens with one attached hydrogen (secondary N) is 2. The van der Waals surface area contributed by atoms with E-state index in [2.05, 4.69) is 15.3 Å². The van der Waals surface area contributed by atoms with Crippen molar-refractivity contribution in [1.82, 2.24) is 15.3 Å². The summed E-state index contributed by atoms with van der Waals surface area (Å²) in [6.45, 7) is 0. The van der Waals surface area contributed by atoms with Gasteiger partial charge in [0.15, 0.2) is 0 Å². The van der Waals surface area contributed by atoms with Crippen LogP contribution in [0, 0.1) is 0 Å². The van der Waals surface area contributed by atoms with Gasteiger partial charge in [-0.05, 0) is 37.5 Å². The molecule has 3 nitrogen and oxygen atoms in total. The molecule has 0 saturated carbocycles. The molecule has 20 heavy (non-hydrogen) atoms. The second-order valence-electron chi connectivity index (χ2n) is 5.70. The first-order valence-corrected chi connectivity index (χ1v) is 7.72. The third kappa shape index (κ3) is 2.05. The fourth-order valence-corrected chi connectivity index (χ4v) is 4.01. The number of rotatable bonds is 2. The summed E-state index contributed by atoms with van der Waals surface area (Å²) in [5.41, 5.74) is 1.91. The number of nitrogens with zero attached hydrogens (tertiary/aromatic N) is 1. The molecule has 0 spiro atoms. The van der Waals surface area contributed by atoms with Crippen LogP contribution in [0.3, 0.4) is 0 Å². The van der Waals surface area contributed by atoms with Gasteiger partial charge in [-0.15, -0.1) is 0 Å². The number of imidazole rings is 1. The van der Waals surface area contributed by atoms with Gasteiger partial charge in [0.25, 0.3) is 0 Å². The molecule has 2 aliphatic rings. The highest BCUT2D eigenvalue weighted by atomic mass is 35.5. The maximum atomic E-state index is 6.25. The number of halogens is 2. The summed E-state index contributed by atoms with van der Waals surface area (Å²) in [6.07, 6.45) is 5.62. The van der Waals surface area contributed by atoms with E-state index in [0.717, 1.165) is 17.1 Å². The van der Waals surface area contributed by atoms with Crippen LogP contribution >= 0.6 is 23.2 Å². The van der Waals surface area contributed by atoms with Crippen LogP contribution in [0.25, 0.3) is 11.3 Å². The van der Waals surface area contributed by atoms with E-state index < -0.39 is 0 Å². The molecular weight excluding hydrogens is 293 g/mol. The first-order chi connectivity index (χ1) is 9.70. The molecule has 1 aromatic carbocycles. The maximum absolute atomic E-state index is 6.25. The van der Waals surface area contributed by atoms with E-state index >= 15 is 0 Å². The molecule has 2 N–H and O–H groups in total. The third-order valence-corrected chi connectivity index (χ3v) is 5.02. The summed E-state index contributed by atoms with van der Waals surface area (Å²) in [5.74, 6) is 1.58. The van der Waals surface area contributed by atoms with Crippen molar-refractivity contribution in [3.63, 3.8) is 0 Å². The van der Waals surface area contributed by atoms with Gasteiger partial charge in [0.05, 0.1) is 16.9 Å². The molecule has 0 radical (unpaired) electrons. The zero-order valence-electron chi connectivity index (χ0n) is 10.9. The van der Waals surface area contributed by atoms with Gasteiger partial charge in [-0.1, -0.05) is 23.2 Å². The van der Waals surface area contributed by atoms with Gasteiger partial charge in [-0.3, -0.25) is 0 Å². The lowest BCUT2D eigenvalue weighted by Gasteiger charge is -2.17. The summed E-state index contributed by atoms with van der Waals surface area (Å²) < 4.78 is 0. The van der Waals surface area contributed by atoms with E-state index in [1.807, 2.05) is 18.3 Å². The second-order valence-corrected chi connectivity index (χ2v) is 6.54. The number of hydrogen-bond donors (Lipinski definition) is 2. The quantitative estimate of drug-likeness (QED) is 0.880. The number of benzene rings is 1. The van der Waals surface area contributed by atoms with Gasteiger partial charge in [0, 0.05) is 28.6 Å². The molecule has 3 unspecified atom stereocenters. The van der Waals surface area contributed by atoms with Crippen molar-refractivity contribution >= 4 is 23.2 Å². The molecule has 3 atom stereocenters. The van der Waals surface area contributed by atoms with Crippen LogP contribution in [0.2, 0.25) is 10.0 Å². The van der Waals surface area contributed by atoms with Crippen LogP contribution in [0.1, 0.15) is 31.0 Å². The second kappa shape index (κ2) is 4.76. The van der Waals surface area contributed by atoms with Gasteiger partial charge in [-0.2, -0.15) is 0 Å². The molecule has 104 valence electrons. The van der Waals surface area contributed by atoms with Crippen LogP contribution in [-0.4, -0.2) is 22.1 Å². The van der Waals surface area contributed by atoms with Crippen molar-refractivity contribution in [2.75, 3.05) is 0 Å². The topological polar surface area (TPSA) is 40.7 Å². The van der Waals surface area contributed by atoms with Gasteiger partial charge in [0.1, 0.15) is 5.82 Å². The molecular formula is C15H15Cl2N3. The average molecular weight is 308 g/mol. The number of hydrogen-bond acceptors (Lipinski definition) is 2. The number of aromatic nitrogens is 2. The van der Waals surface area contributed by atoms with Crippen LogP contribution in [-0.2, 0) is 0 Å². The predicted octanol–water partition coefficient (Wildman–Crippen LogP) is 3.99. The van der Waals surface area contributed by atoms with E-state index in [0.29, 0.717) is 28.0 Å². The van der Waals surface area contributed by atoms with E-state index in [9.17, 15) is 0 Å². The minimum atomic E-state index is 0.508. The van der Waals surface area contributed by atoms with Crippen molar-refractivity contribution in [3.8, 4) is 11.3 Å². The number of H-pyrrole nitrogens is 1. The Morgan fingerprint density at radius 2 is 2.10 bits per heavy atom. The summed E-state index contributed by atoms with van der Waals surface area (Å²) in [4.78, 5) is 8.01. The summed E-state index contributed by atoms with van der Waals surface area (Å²) >= 11 is 12.2. The fourth-order valence-electron chi connectivity index (χ4n) is 3.50. The maximum Gasteiger partial charge on any atom is 0.111 e. The van der Waals surface area contributed by atoms with Crippen LogP contribution in [0.15, 0.2) is 24.4 Å². The molecule has 1 aromatic heterocycles. The Hall–Kier alpha value is -1.03. The van der Waals surface area contributed by atoms with Gasteiger partial charge < -0.3 is 10.3 Å². The molecule has 0 aliphatic carbocycles. The van der Waals surface area contributed by atoms with Gasteiger partial charge in [0.2, 0.25) is 0 Å². The van der Waals surface area contributed by atoms with Crippen molar-refractivity contribution < 1.29 is 0 Å². The number of fused-ring (bicyclic) bond motifs is 2. The lowest BCUT2D eigenvalue weighted by atomic mass is 9.89. The lowest BCUT2D eigenvalue weighted by Crippen LogP contribution is -2.22. The highest BCUT2D eigenvalue weighted by molar-refractivity contribution is 6.36. The Bertz CT molecular complexity index is 652. The monoisotopic (exact) mass is 307 g/mol. The molecule has 2 saturated heterocycles. The van der Waals surface area contributed by atoms with Gasteiger partial charge in [-0.25, -0.2) is 4.98 Å². The first-order valence-electron chi connectivity index (χ1n) is 6.97. The van der Waals surface area contributed by atoms with Crippen molar-refractivity contribution in [2.45, 2.75) is 37.3 Å². The highest BCUT2D eigenvalue weighted by Gasteiger charge is 2.41. The Balaban J connectivity index is 1.65. The zero-order chi connectivity index (χ0) is 13.7. The van der Waals surface area contributed by atoms with Gasteiger partial charge >= 0.3 is 0 Å². The summed E-state index contributed by atoms with van der Waals surface area (Å²) in [7, 11) is 0. The molecule has 5 heteroatoms. The Labute approximate surface area is 127 Å². The normalized spacial score (nSPS) is 28.2.